The van der Waals surface area contributed by atoms with Gasteiger partial charge in [0.2, 0.25) is 15.9 Å². The smallest absolute Gasteiger partial charge is 0.406 e. The number of carbonyl (C=O) groups is 1. The lowest BCUT2D eigenvalue weighted by Gasteiger charge is -2.34. The molecular weight excluding hydrogens is 425 g/mol. The van der Waals surface area contributed by atoms with Crippen LogP contribution in [0.1, 0.15) is 12.8 Å². The van der Waals surface area contributed by atoms with Gasteiger partial charge in [0.1, 0.15) is 5.75 Å². The maximum atomic E-state index is 12.7. The van der Waals surface area contributed by atoms with Crippen molar-refractivity contribution in [2.24, 2.45) is 0 Å². The highest BCUT2D eigenvalue weighted by molar-refractivity contribution is 7.89. The highest BCUT2D eigenvalue weighted by atomic mass is 32.2. The van der Waals surface area contributed by atoms with E-state index in [0.717, 1.165) is 24.3 Å². The lowest BCUT2D eigenvalue weighted by molar-refractivity contribution is -0.274. The van der Waals surface area contributed by atoms with Crippen LogP contribution in [-0.2, 0) is 21.4 Å². The van der Waals surface area contributed by atoms with E-state index < -0.39 is 22.1 Å². The molecule has 30 heavy (non-hydrogen) atoms. The zero-order valence-corrected chi connectivity index (χ0v) is 16.8. The van der Waals surface area contributed by atoms with Crippen LogP contribution in [0.3, 0.4) is 0 Å². The molecule has 1 amide bonds. The predicted octanol–water partition coefficient (Wildman–Crippen LogP) is 2.09. The van der Waals surface area contributed by atoms with E-state index in [-0.39, 0.29) is 37.0 Å². The zero-order chi connectivity index (χ0) is 21.8. The molecule has 0 aliphatic carbocycles. The molecule has 0 spiro atoms. The Morgan fingerprint density at radius 1 is 1.10 bits per heavy atom. The molecule has 1 saturated heterocycles. The van der Waals surface area contributed by atoms with Gasteiger partial charge < -0.3 is 9.64 Å². The molecule has 0 N–H and O–H groups in total. The minimum atomic E-state index is -4.85. The number of hydrogen-bond acceptors (Lipinski definition) is 5. The third-order valence-electron chi connectivity index (χ3n) is 4.62. The molecule has 3 rings (SSSR count). The summed E-state index contributed by atoms with van der Waals surface area (Å²) in [6.07, 6.45) is -0.394. The van der Waals surface area contributed by atoms with Crippen LogP contribution in [0, 0.1) is 0 Å². The largest absolute Gasteiger partial charge is 0.573 e. The van der Waals surface area contributed by atoms with Gasteiger partial charge in [0.15, 0.2) is 0 Å². The molecule has 0 bridgehead atoms. The van der Waals surface area contributed by atoms with E-state index in [4.69, 9.17) is 0 Å². The Bertz CT molecular complexity index is 939. The summed E-state index contributed by atoms with van der Waals surface area (Å²) in [7, 11) is -3.87. The minimum Gasteiger partial charge on any atom is -0.406 e. The SMILES string of the molecule is O=C(CCCn1cccn1)N1CCN(S(=O)(=O)c2ccc(OC(F)(F)F)cc2)CC1. The fourth-order valence-corrected chi connectivity index (χ4v) is 4.55. The molecule has 0 saturated carbocycles. The first-order chi connectivity index (χ1) is 14.1. The summed E-state index contributed by atoms with van der Waals surface area (Å²) in [6.45, 7) is 1.38. The molecule has 12 heteroatoms. The maximum absolute atomic E-state index is 12.7. The number of halogens is 3. The number of alkyl halides is 3. The van der Waals surface area contributed by atoms with Gasteiger partial charge in [0.05, 0.1) is 4.90 Å². The zero-order valence-electron chi connectivity index (χ0n) is 16.0. The fourth-order valence-electron chi connectivity index (χ4n) is 3.12. The number of nitrogens with zero attached hydrogens (tertiary/aromatic N) is 4. The quantitative estimate of drug-likeness (QED) is 0.650. The Labute approximate surface area is 171 Å². The van der Waals surface area contributed by atoms with E-state index in [9.17, 15) is 26.4 Å². The third-order valence-corrected chi connectivity index (χ3v) is 6.54. The van der Waals surface area contributed by atoms with Gasteiger partial charge >= 0.3 is 6.36 Å². The minimum absolute atomic E-state index is 0.0483. The number of rotatable bonds is 7. The van der Waals surface area contributed by atoms with Crippen molar-refractivity contribution in [2.75, 3.05) is 26.2 Å². The number of amides is 1. The standard InChI is InChI=1S/C18H21F3N4O4S/c19-18(20,21)29-15-4-6-16(7-5-15)30(27,28)25-13-11-23(12-14-25)17(26)3-1-9-24-10-2-8-22-24/h2,4-8,10H,1,3,9,11-14H2. The Morgan fingerprint density at radius 2 is 1.77 bits per heavy atom. The summed E-state index contributed by atoms with van der Waals surface area (Å²) in [5, 5.41) is 4.07. The number of aromatic nitrogens is 2. The second-order valence-corrected chi connectivity index (χ2v) is 8.61. The molecule has 1 aliphatic heterocycles. The number of carbonyl (C=O) groups excluding carboxylic acids is 1. The summed E-state index contributed by atoms with van der Waals surface area (Å²) in [6, 6.07) is 5.87. The molecule has 2 aromatic rings. The van der Waals surface area contributed by atoms with Crippen LogP contribution >= 0.6 is 0 Å². The van der Waals surface area contributed by atoms with Gasteiger partial charge in [-0.1, -0.05) is 0 Å². The fraction of sp³-hybridized carbons (Fsp3) is 0.444. The van der Waals surface area contributed by atoms with Gasteiger partial charge in [-0.25, -0.2) is 8.42 Å². The number of benzene rings is 1. The van der Waals surface area contributed by atoms with Crippen LogP contribution in [0.5, 0.6) is 5.75 Å². The van der Waals surface area contributed by atoms with Crippen LogP contribution in [-0.4, -0.2) is 65.9 Å². The Morgan fingerprint density at radius 3 is 2.33 bits per heavy atom. The highest BCUT2D eigenvalue weighted by Crippen LogP contribution is 2.25. The van der Waals surface area contributed by atoms with E-state index in [0.29, 0.717) is 19.4 Å². The summed E-state index contributed by atoms with van der Waals surface area (Å²) >= 11 is 0. The molecule has 1 aromatic heterocycles. The number of sulfonamides is 1. The topological polar surface area (TPSA) is 84.7 Å². The summed E-state index contributed by atoms with van der Waals surface area (Å²) < 4.78 is 68.8. The van der Waals surface area contributed by atoms with Crippen molar-refractivity contribution < 1.29 is 31.1 Å². The van der Waals surface area contributed by atoms with Gasteiger partial charge in [0, 0.05) is 51.5 Å². The maximum Gasteiger partial charge on any atom is 0.573 e. The second-order valence-electron chi connectivity index (χ2n) is 6.68. The van der Waals surface area contributed by atoms with Crippen LogP contribution in [0.25, 0.3) is 0 Å². The molecule has 1 aromatic carbocycles. The van der Waals surface area contributed by atoms with Gasteiger partial charge in [-0.15, -0.1) is 13.2 Å². The molecule has 1 fully saturated rings. The first kappa shape index (κ1) is 22.1. The molecular formula is C18H21F3N4O4S. The summed E-state index contributed by atoms with van der Waals surface area (Å²) in [5.41, 5.74) is 0. The lowest BCUT2D eigenvalue weighted by atomic mass is 10.2. The number of aryl methyl sites for hydroxylation is 1. The van der Waals surface area contributed by atoms with E-state index >= 15 is 0 Å². The van der Waals surface area contributed by atoms with Gasteiger partial charge in [-0.05, 0) is 36.8 Å². The average molecular weight is 446 g/mol. The van der Waals surface area contributed by atoms with E-state index in [1.54, 1.807) is 21.8 Å². The molecule has 0 atom stereocenters. The molecule has 8 nitrogen and oxygen atoms in total. The van der Waals surface area contributed by atoms with Gasteiger partial charge in [0.25, 0.3) is 0 Å². The third kappa shape index (κ3) is 5.72. The van der Waals surface area contributed by atoms with Crippen molar-refractivity contribution in [1.29, 1.82) is 0 Å². The predicted molar refractivity (Wildman–Crippen MR) is 99.9 cm³/mol. The molecule has 2 heterocycles. The lowest BCUT2D eigenvalue weighted by Crippen LogP contribution is -2.50. The van der Waals surface area contributed by atoms with Crippen molar-refractivity contribution in [2.45, 2.75) is 30.6 Å². The average Bonchev–Trinajstić information content (AvgIpc) is 3.21. The van der Waals surface area contributed by atoms with Crippen LogP contribution < -0.4 is 4.74 Å². The molecule has 1 aliphatic rings. The van der Waals surface area contributed by atoms with Crippen molar-refractivity contribution >= 4 is 15.9 Å². The highest BCUT2D eigenvalue weighted by Gasteiger charge is 2.32. The Kier molecular flexibility index (Phi) is 6.66. The monoisotopic (exact) mass is 446 g/mol. The van der Waals surface area contributed by atoms with Crippen LogP contribution in [0.15, 0.2) is 47.6 Å². The summed E-state index contributed by atoms with van der Waals surface area (Å²) in [4.78, 5) is 13.8. The first-order valence-corrected chi connectivity index (χ1v) is 10.7. The van der Waals surface area contributed by atoms with E-state index in [1.165, 1.54) is 4.31 Å². The van der Waals surface area contributed by atoms with Crippen LogP contribution in [0.2, 0.25) is 0 Å². The van der Waals surface area contributed by atoms with Crippen LogP contribution in [0.4, 0.5) is 13.2 Å². The number of hydrogen-bond donors (Lipinski definition) is 0. The Hall–Kier alpha value is -2.60. The number of piperazine rings is 1. The normalized spacial score (nSPS) is 15.9. The molecule has 164 valence electrons. The van der Waals surface area contributed by atoms with Crippen molar-refractivity contribution in [1.82, 2.24) is 19.0 Å². The Balaban J connectivity index is 1.51. The van der Waals surface area contributed by atoms with Crippen molar-refractivity contribution in [3.63, 3.8) is 0 Å². The van der Waals surface area contributed by atoms with Gasteiger partial charge in [-0.3, -0.25) is 9.48 Å². The van der Waals surface area contributed by atoms with Crippen molar-refractivity contribution in [3.05, 3.63) is 42.7 Å². The summed E-state index contributed by atoms with van der Waals surface area (Å²) in [5.74, 6) is -0.542. The molecule has 0 unspecified atom stereocenters. The van der Waals surface area contributed by atoms with E-state index in [2.05, 4.69) is 9.84 Å². The van der Waals surface area contributed by atoms with E-state index in [1.807, 2.05) is 6.20 Å². The number of ether oxygens (including phenoxy) is 1. The van der Waals surface area contributed by atoms with Crippen molar-refractivity contribution in [3.8, 4) is 5.75 Å². The second kappa shape index (κ2) is 9.04. The van der Waals surface area contributed by atoms with Gasteiger partial charge in [-0.2, -0.15) is 9.40 Å². The first-order valence-electron chi connectivity index (χ1n) is 9.26. The molecule has 0 radical (unpaired) electrons.